The maximum Gasteiger partial charge on any atom is 0.318 e. The normalized spacial score (nSPS) is 12.2. The minimum absolute atomic E-state index is 0.0487. The number of nitrogens with zero attached hydrogens (tertiary/aromatic N) is 3. The van der Waals surface area contributed by atoms with Crippen LogP contribution in [0.4, 0.5) is 4.79 Å². The Labute approximate surface area is 173 Å². The van der Waals surface area contributed by atoms with E-state index in [1.54, 1.807) is 19.2 Å². The molecule has 0 saturated carbocycles. The highest BCUT2D eigenvalue weighted by molar-refractivity contribution is 8.00. The second-order valence-electron chi connectivity index (χ2n) is 6.45. The zero-order valence-corrected chi connectivity index (χ0v) is 17.6. The molecule has 3 amide bonds. The molecule has 0 bridgehead atoms. The van der Waals surface area contributed by atoms with Crippen LogP contribution >= 0.6 is 23.4 Å². The van der Waals surface area contributed by atoms with Crippen molar-refractivity contribution in [3.63, 3.8) is 0 Å². The number of nitrogens with one attached hydrogen (secondary N) is 1. The molecule has 0 saturated heterocycles. The van der Waals surface area contributed by atoms with Gasteiger partial charge in [0.05, 0.1) is 5.25 Å². The molecular weight excluding hydrogens is 402 g/mol. The minimum atomic E-state index is -0.875. The molecule has 0 radical (unpaired) electrons. The van der Waals surface area contributed by atoms with Crippen molar-refractivity contribution >= 4 is 35.3 Å². The molecule has 0 aliphatic carbocycles. The number of carbonyl (C=O) groups excluding carboxylic acids is 2. The van der Waals surface area contributed by atoms with E-state index in [1.165, 1.54) is 11.8 Å². The highest BCUT2D eigenvalue weighted by Crippen LogP contribution is 2.31. The van der Waals surface area contributed by atoms with Gasteiger partial charge in [-0.15, -0.1) is 10.2 Å². The molecule has 0 fully saturated rings. The van der Waals surface area contributed by atoms with E-state index >= 15 is 0 Å². The Bertz CT molecular complexity index is 810. The summed E-state index contributed by atoms with van der Waals surface area (Å²) in [5.74, 6) is 0.174. The second-order valence-corrected chi connectivity index (χ2v) is 7.99. The van der Waals surface area contributed by atoms with E-state index in [0.717, 1.165) is 12.0 Å². The summed E-state index contributed by atoms with van der Waals surface area (Å²) < 4.78 is 7.09. The van der Waals surface area contributed by atoms with Crippen molar-refractivity contribution < 1.29 is 14.3 Å². The van der Waals surface area contributed by atoms with Crippen molar-refractivity contribution in [3.05, 3.63) is 29.3 Å². The average molecular weight is 426 g/mol. The number of hydrogen-bond acceptors (Lipinski definition) is 6. The summed E-state index contributed by atoms with van der Waals surface area (Å²) in [5.41, 5.74) is 5.95. The third kappa shape index (κ3) is 5.95. The van der Waals surface area contributed by atoms with Crippen LogP contribution in [0.5, 0.6) is 0 Å². The highest BCUT2D eigenvalue weighted by Gasteiger charge is 2.27. The Balaban J connectivity index is 2.34. The molecule has 152 valence electrons. The number of primary amides is 1. The molecule has 0 aliphatic rings. The Morgan fingerprint density at radius 1 is 1.29 bits per heavy atom. The quantitative estimate of drug-likeness (QED) is 0.471. The smallest absolute Gasteiger partial charge is 0.318 e. The molecule has 1 heterocycles. The van der Waals surface area contributed by atoms with Gasteiger partial charge < -0.3 is 15.0 Å². The molecule has 2 aromatic rings. The monoisotopic (exact) mass is 425 g/mol. The standard InChI is InChI=1S/C18H24ClN5O3S/c1-11(2)14(16(25)21-17(20)26)28-18-23-22-15(24(18)9-4-10-27-3)12-5-7-13(19)8-6-12/h5-8,11,14H,4,9-10H2,1-3H3,(H3,20,21,25,26)/t14-/m1/s1. The van der Waals surface area contributed by atoms with Gasteiger partial charge in [-0.25, -0.2) is 4.79 Å². The van der Waals surface area contributed by atoms with E-state index < -0.39 is 17.2 Å². The van der Waals surface area contributed by atoms with Crippen LogP contribution in [-0.4, -0.2) is 45.7 Å². The molecule has 2 rings (SSSR count). The summed E-state index contributed by atoms with van der Waals surface area (Å²) in [4.78, 5) is 23.4. The lowest BCUT2D eigenvalue weighted by Crippen LogP contribution is -2.42. The van der Waals surface area contributed by atoms with Crippen molar-refractivity contribution in [2.45, 2.75) is 37.2 Å². The summed E-state index contributed by atoms with van der Waals surface area (Å²) in [6.45, 7) is 4.98. The first-order chi connectivity index (χ1) is 13.3. The van der Waals surface area contributed by atoms with Gasteiger partial charge in [-0.1, -0.05) is 37.2 Å². The zero-order chi connectivity index (χ0) is 20.7. The first kappa shape index (κ1) is 22.2. The van der Waals surface area contributed by atoms with Gasteiger partial charge in [0.1, 0.15) is 0 Å². The first-order valence-corrected chi connectivity index (χ1v) is 10.0. The van der Waals surface area contributed by atoms with Crippen molar-refractivity contribution in [1.82, 2.24) is 20.1 Å². The number of urea groups is 1. The molecular formula is C18H24ClN5O3S. The Hall–Kier alpha value is -2.10. The molecule has 8 nitrogen and oxygen atoms in total. The van der Waals surface area contributed by atoms with E-state index in [4.69, 9.17) is 22.1 Å². The molecule has 3 N–H and O–H groups in total. The van der Waals surface area contributed by atoms with Crippen LogP contribution < -0.4 is 11.1 Å². The number of halogens is 1. The number of aromatic nitrogens is 3. The predicted molar refractivity (Wildman–Crippen MR) is 109 cm³/mol. The maximum absolute atomic E-state index is 12.4. The summed E-state index contributed by atoms with van der Waals surface area (Å²) in [7, 11) is 1.64. The van der Waals surface area contributed by atoms with Crippen LogP contribution in [-0.2, 0) is 16.1 Å². The first-order valence-electron chi connectivity index (χ1n) is 8.78. The van der Waals surface area contributed by atoms with Crippen molar-refractivity contribution in [2.75, 3.05) is 13.7 Å². The fraction of sp³-hybridized carbons (Fsp3) is 0.444. The third-order valence-corrected chi connectivity index (χ3v) is 5.67. The fourth-order valence-electron chi connectivity index (χ4n) is 2.56. The number of benzene rings is 1. The van der Waals surface area contributed by atoms with Gasteiger partial charge >= 0.3 is 6.03 Å². The largest absolute Gasteiger partial charge is 0.385 e. The number of nitrogens with two attached hydrogens (primary N) is 1. The molecule has 28 heavy (non-hydrogen) atoms. The van der Waals surface area contributed by atoms with Gasteiger partial charge in [0.15, 0.2) is 11.0 Å². The SMILES string of the molecule is COCCCn1c(S[C@@H](C(=O)NC(N)=O)C(C)C)nnc1-c1ccc(Cl)cc1. The Kier molecular flexibility index (Phi) is 8.28. The Morgan fingerprint density at radius 3 is 2.54 bits per heavy atom. The van der Waals surface area contributed by atoms with Crippen LogP contribution in [0, 0.1) is 5.92 Å². The molecule has 1 aromatic heterocycles. The number of rotatable bonds is 9. The Morgan fingerprint density at radius 2 is 1.96 bits per heavy atom. The summed E-state index contributed by atoms with van der Waals surface area (Å²) in [6, 6.07) is 6.44. The molecule has 0 spiro atoms. The number of thioether (sulfide) groups is 1. The van der Waals surface area contributed by atoms with Gasteiger partial charge in [0, 0.05) is 30.8 Å². The molecule has 1 atom stereocenters. The van der Waals surface area contributed by atoms with Gasteiger partial charge in [-0.2, -0.15) is 0 Å². The molecule has 1 aromatic carbocycles. The fourth-order valence-corrected chi connectivity index (χ4v) is 3.74. The molecule has 10 heteroatoms. The van der Waals surface area contributed by atoms with Crippen LogP contribution in [0.2, 0.25) is 5.02 Å². The lowest BCUT2D eigenvalue weighted by molar-refractivity contribution is -0.120. The van der Waals surface area contributed by atoms with E-state index in [2.05, 4.69) is 15.5 Å². The summed E-state index contributed by atoms with van der Waals surface area (Å²) in [5, 5.41) is 11.4. The van der Waals surface area contributed by atoms with E-state index in [1.807, 2.05) is 30.5 Å². The third-order valence-electron chi connectivity index (χ3n) is 3.89. The van der Waals surface area contributed by atoms with E-state index in [9.17, 15) is 9.59 Å². The lowest BCUT2D eigenvalue weighted by Gasteiger charge is -2.19. The number of carbonyl (C=O) groups is 2. The van der Waals surface area contributed by atoms with Crippen molar-refractivity contribution in [3.8, 4) is 11.4 Å². The van der Waals surface area contributed by atoms with Crippen LogP contribution in [0.3, 0.4) is 0 Å². The van der Waals surface area contributed by atoms with Gasteiger partial charge in [-0.05, 0) is 36.6 Å². The van der Waals surface area contributed by atoms with Crippen LogP contribution in [0.15, 0.2) is 29.4 Å². The maximum atomic E-state index is 12.4. The van der Waals surface area contributed by atoms with Gasteiger partial charge in [-0.3, -0.25) is 10.1 Å². The second kappa shape index (κ2) is 10.4. The highest BCUT2D eigenvalue weighted by atomic mass is 35.5. The number of methoxy groups -OCH3 is 1. The topological polar surface area (TPSA) is 112 Å². The number of amides is 3. The number of imide groups is 1. The van der Waals surface area contributed by atoms with Crippen LogP contribution in [0.1, 0.15) is 20.3 Å². The minimum Gasteiger partial charge on any atom is -0.385 e. The number of hydrogen-bond donors (Lipinski definition) is 2. The zero-order valence-electron chi connectivity index (χ0n) is 16.0. The van der Waals surface area contributed by atoms with Gasteiger partial charge in [0.2, 0.25) is 5.91 Å². The van der Waals surface area contributed by atoms with Crippen LogP contribution in [0.25, 0.3) is 11.4 Å². The predicted octanol–water partition coefficient (Wildman–Crippen LogP) is 2.95. The molecule has 0 unspecified atom stereocenters. The van der Waals surface area contributed by atoms with Crippen molar-refractivity contribution in [1.29, 1.82) is 0 Å². The molecule has 0 aliphatic heterocycles. The van der Waals surface area contributed by atoms with E-state index in [0.29, 0.717) is 29.2 Å². The average Bonchev–Trinajstić information content (AvgIpc) is 3.02. The summed E-state index contributed by atoms with van der Waals surface area (Å²) in [6.07, 6.45) is 0.752. The number of ether oxygens (including phenoxy) is 1. The van der Waals surface area contributed by atoms with Crippen molar-refractivity contribution in [2.24, 2.45) is 11.7 Å². The van der Waals surface area contributed by atoms with Gasteiger partial charge in [0.25, 0.3) is 0 Å². The van der Waals surface area contributed by atoms with E-state index in [-0.39, 0.29) is 5.92 Å². The summed E-state index contributed by atoms with van der Waals surface area (Å²) >= 11 is 7.23. The lowest BCUT2D eigenvalue weighted by atomic mass is 10.1.